The van der Waals surface area contributed by atoms with Gasteiger partial charge in [0, 0.05) is 43.2 Å². The van der Waals surface area contributed by atoms with Gasteiger partial charge in [-0.25, -0.2) is 14.8 Å². The SMILES string of the molecule is CCc1cc(N2CCN(C(=O)O)[C@@H](C)C2)ccc1Nc1ncc(C(F)(F)F)c(Cl)n1. The normalized spacial score (nSPS) is 17.2. The van der Waals surface area contributed by atoms with Crippen LogP contribution >= 0.6 is 11.6 Å². The average Bonchev–Trinajstić information content (AvgIpc) is 2.67. The number of nitrogens with zero attached hydrogens (tertiary/aromatic N) is 4. The fraction of sp³-hybridized carbons (Fsp3) is 0.421. The van der Waals surface area contributed by atoms with Gasteiger partial charge in [-0.05, 0) is 37.1 Å². The molecule has 0 radical (unpaired) electrons. The zero-order valence-corrected chi connectivity index (χ0v) is 17.1. The summed E-state index contributed by atoms with van der Waals surface area (Å²) >= 11 is 5.66. The third-order valence-corrected chi connectivity index (χ3v) is 5.29. The van der Waals surface area contributed by atoms with Crippen molar-refractivity contribution in [3.8, 4) is 0 Å². The molecule has 0 aliphatic carbocycles. The molecule has 11 heteroatoms. The zero-order chi connectivity index (χ0) is 22.1. The Morgan fingerprint density at radius 3 is 2.67 bits per heavy atom. The number of aromatic nitrogens is 2. The maximum Gasteiger partial charge on any atom is 0.420 e. The number of alkyl halides is 3. The average molecular weight is 444 g/mol. The molecule has 1 aliphatic heterocycles. The van der Waals surface area contributed by atoms with Crippen LogP contribution in [0.2, 0.25) is 5.15 Å². The van der Waals surface area contributed by atoms with Gasteiger partial charge in [0.25, 0.3) is 0 Å². The summed E-state index contributed by atoms with van der Waals surface area (Å²) in [6.45, 7) is 5.37. The predicted octanol–water partition coefficient (Wildman–Crippen LogP) is 4.64. The fourth-order valence-electron chi connectivity index (χ4n) is 3.40. The number of anilines is 3. The molecule has 1 fully saturated rings. The van der Waals surface area contributed by atoms with Gasteiger partial charge in [0.2, 0.25) is 5.95 Å². The lowest BCUT2D eigenvalue weighted by molar-refractivity contribution is -0.137. The highest BCUT2D eigenvalue weighted by Crippen LogP contribution is 2.34. The minimum atomic E-state index is -4.62. The minimum Gasteiger partial charge on any atom is -0.465 e. The van der Waals surface area contributed by atoms with Gasteiger partial charge in [-0.3, -0.25) is 0 Å². The maximum atomic E-state index is 12.8. The summed E-state index contributed by atoms with van der Waals surface area (Å²) in [4.78, 5) is 22.2. The number of nitrogens with one attached hydrogen (secondary N) is 1. The van der Waals surface area contributed by atoms with E-state index in [-0.39, 0.29) is 12.0 Å². The Labute approximate surface area is 176 Å². The summed E-state index contributed by atoms with van der Waals surface area (Å²) in [5.74, 6) is -0.0286. The first-order valence-electron chi connectivity index (χ1n) is 9.34. The summed E-state index contributed by atoms with van der Waals surface area (Å²) in [6.07, 6.45) is -4.23. The molecule has 0 saturated carbocycles. The van der Waals surface area contributed by atoms with Gasteiger partial charge in [0.05, 0.1) is 0 Å². The molecule has 0 bridgehead atoms. The van der Waals surface area contributed by atoms with E-state index in [9.17, 15) is 23.1 Å². The van der Waals surface area contributed by atoms with Crippen LogP contribution in [0.3, 0.4) is 0 Å². The highest BCUT2D eigenvalue weighted by molar-refractivity contribution is 6.30. The number of aryl methyl sites for hydroxylation is 1. The second-order valence-corrected chi connectivity index (χ2v) is 7.34. The number of halogens is 4. The van der Waals surface area contributed by atoms with Crippen molar-refractivity contribution in [1.29, 1.82) is 0 Å². The molecule has 1 atom stereocenters. The first-order chi connectivity index (χ1) is 14.1. The van der Waals surface area contributed by atoms with E-state index in [0.717, 1.165) is 11.3 Å². The summed E-state index contributed by atoms with van der Waals surface area (Å²) in [6, 6.07) is 5.51. The van der Waals surface area contributed by atoms with E-state index in [1.165, 1.54) is 4.90 Å². The molecule has 30 heavy (non-hydrogen) atoms. The monoisotopic (exact) mass is 443 g/mol. The molecular weight excluding hydrogens is 423 g/mol. The van der Waals surface area contributed by atoms with Gasteiger partial charge < -0.3 is 20.2 Å². The van der Waals surface area contributed by atoms with Crippen LogP contribution in [0.1, 0.15) is 25.0 Å². The smallest absolute Gasteiger partial charge is 0.420 e. The van der Waals surface area contributed by atoms with E-state index >= 15 is 0 Å². The van der Waals surface area contributed by atoms with E-state index in [1.54, 1.807) is 6.07 Å². The van der Waals surface area contributed by atoms with Crippen molar-refractivity contribution in [1.82, 2.24) is 14.9 Å². The molecule has 0 unspecified atom stereocenters. The van der Waals surface area contributed by atoms with E-state index in [4.69, 9.17) is 11.6 Å². The number of rotatable bonds is 4. The zero-order valence-electron chi connectivity index (χ0n) is 16.4. The molecule has 2 N–H and O–H groups in total. The molecule has 3 rings (SSSR count). The highest BCUT2D eigenvalue weighted by Gasteiger charge is 2.34. The van der Waals surface area contributed by atoms with E-state index in [1.807, 2.05) is 26.0 Å². The van der Waals surface area contributed by atoms with Gasteiger partial charge in [-0.1, -0.05) is 18.5 Å². The Morgan fingerprint density at radius 2 is 2.10 bits per heavy atom. The molecule has 1 aromatic heterocycles. The number of benzene rings is 1. The van der Waals surface area contributed by atoms with Gasteiger partial charge in [0.15, 0.2) is 0 Å². The first-order valence-corrected chi connectivity index (χ1v) is 9.72. The fourth-order valence-corrected chi connectivity index (χ4v) is 3.64. The summed E-state index contributed by atoms with van der Waals surface area (Å²) in [5.41, 5.74) is 1.44. The highest BCUT2D eigenvalue weighted by atomic mass is 35.5. The van der Waals surface area contributed by atoms with Crippen LogP contribution in [0.4, 0.5) is 35.3 Å². The molecule has 1 aromatic carbocycles. The Kier molecular flexibility index (Phi) is 6.25. The lowest BCUT2D eigenvalue weighted by Crippen LogP contribution is -2.53. The van der Waals surface area contributed by atoms with Crippen LogP contribution in [0.5, 0.6) is 0 Å². The van der Waals surface area contributed by atoms with Crippen molar-refractivity contribution >= 4 is 35.0 Å². The summed E-state index contributed by atoms with van der Waals surface area (Å²) < 4.78 is 38.5. The quantitative estimate of drug-likeness (QED) is 0.670. The molecule has 1 aliphatic rings. The largest absolute Gasteiger partial charge is 0.465 e. The number of carbonyl (C=O) groups is 1. The van der Waals surface area contributed by atoms with Crippen LogP contribution in [0.25, 0.3) is 0 Å². The first kappa shape index (κ1) is 21.9. The van der Waals surface area contributed by atoms with Crippen molar-refractivity contribution < 1.29 is 23.1 Å². The van der Waals surface area contributed by atoms with Crippen LogP contribution in [0, 0.1) is 0 Å². The standard InChI is InChI=1S/C19H21ClF3N5O2/c1-3-12-8-13(27-6-7-28(18(29)30)11(2)10-27)4-5-15(12)25-17-24-9-14(16(20)26-17)19(21,22)23/h4-5,8-9,11H,3,6-7,10H2,1-2H3,(H,29,30)(H,24,25,26)/t11-/m0/s1. The maximum absolute atomic E-state index is 12.8. The second kappa shape index (κ2) is 8.55. The van der Waals surface area contributed by atoms with Gasteiger partial charge in [0.1, 0.15) is 10.7 Å². The van der Waals surface area contributed by atoms with Crippen LogP contribution in [-0.4, -0.2) is 51.7 Å². The number of piperazine rings is 1. The summed E-state index contributed by atoms with van der Waals surface area (Å²) in [5, 5.41) is 11.5. The Balaban J connectivity index is 1.78. The lowest BCUT2D eigenvalue weighted by Gasteiger charge is -2.39. The van der Waals surface area contributed by atoms with Crippen molar-refractivity contribution in [2.75, 3.05) is 29.9 Å². The number of hydrogen-bond acceptors (Lipinski definition) is 5. The van der Waals surface area contributed by atoms with E-state index in [2.05, 4.69) is 20.2 Å². The van der Waals surface area contributed by atoms with Gasteiger partial charge in [-0.2, -0.15) is 13.2 Å². The van der Waals surface area contributed by atoms with Crippen LogP contribution in [-0.2, 0) is 12.6 Å². The molecule has 1 saturated heterocycles. The Bertz CT molecular complexity index is 941. The second-order valence-electron chi connectivity index (χ2n) is 6.99. The lowest BCUT2D eigenvalue weighted by atomic mass is 10.1. The van der Waals surface area contributed by atoms with E-state index < -0.39 is 23.0 Å². The van der Waals surface area contributed by atoms with Gasteiger partial charge >= 0.3 is 12.3 Å². The third-order valence-electron chi connectivity index (χ3n) is 5.00. The van der Waals surface area contributed by atoms with Crippen molar-refractivity contribution in [3.63, 3.8) is 0 Å². The topological polar surface area (TPSA) is 81.6 Å². The number of amides is 1. The molecule has 2 heterocycles. The number of hydrogen-bond donors (Lipinski definition) is 2. The molecule has 2 aromatic rings. The van der Waals surface area contributed by atoms with Gasteiger partial charge in [-0.15, -0.1) is 0 Å². The van der Waals surface area contributed by atoms with Crippen molar-refractivity contribution in [3.05, 3.63) is 40.7 Å². The van der Waals surface area contributed by atoms with Crippen LogP contribution in [0.15, 0.2) is 24.4 Å². The molecule has 0 spiro atoms. The third kappa shape index (κ3) is 4.69. The molecule has 7 nitrogen and oxygen atoms in total. The number of carboxylic acid groups (broad SMARTS) is 1. The Morgan fingerprint density at radius 1 is 1.37 bits per heavy atom. The minimum absolute atomic E-state index is 0.0286. The van der Waals surface area contributed by atoms with Crippen LogP contribution < -0.4 is 10.2 Å². The van der Waals surface area contributed by atoms with E-state index in [0.29, 0.717) is 37.9 Å². The molecular formula is C19H21ClF3N5O2. The molecule has 162 valence electrons. The Hall–Kier alpha value is -2.75. The van der Waals surface area contributed by atoms with Crippen molar-refractivity contribution in [2.24, 2.45) is 0 Å². The predicted molar refractivity (Wildman–Crippen MR) is 108 cm³/mol. The molecule has 1 amide bonds. The summed E-state index contributed by atoms with van der Waals surface area (Å²) in [7, 11) is 0. The van der Waals surface area contributed by atoms with Crippen molar-refractivity contribution in [2.45, 2.75) is 32.5 Å².